The number of amides is 2. The van der Waals surface area contributed by atoms with E-state index in [2.05, 4.69) is 31.5 Å². The molecule has 0 aliphatic rings. The molecule has 2 amide bonds. The van der Waals surface area contributed by atoms with Crippen molar-refractivity contribution in [1.82, 2.24) is 10.3 Å². The highest BCUT2D eigenvalue weighted by atomic mass is 79.9. The van der Waals surface area contributed by atoms with Gasteiger partial charge in [-0.25, -0.2) is 0 Å². The molecule has 1 heterocycles. The Bertz CT molecular complexity index is 1030. The first-order valence-corrected chi connectivity index (χ1v) is 8.90. The number of pyridine rings is 1. The molecular weight excluding hydrogens is 394 g/mol. The fourth-order valence-corrected chi connectivity index (χ4v) is 3.26. The molecule has 2 aromatic carbocycles. The zero-order valence-corrected chi connectivity index (χ0v) is 16.3. The topological polar surface area (TPSA) is 71.1 Å². The Hall–Kier alpha value is -2.73. The Labute approximate surface area is 160 Å². The van der Waals surface area contributed by atoms with E-state index < -0.39 is 0 Å². The standard InChI is InChI=1S/C20H18BrN3O2/c1-11-5-4-6-16(18(11)20(26)22-3)24-19(25)15-9-12(2)23-17-10-13(21)7-8-14(15)17/h4-10H,1-3H3,(H,22,26)(H,24,25). The van der Waals surface area contributed by atoms with Gasteiger partial charge >= 0.3 is 0 Å². The molecule has 0 aliphatic carbocycles. The molecule has 0 unspecified atom stereocenters. The van der Waals surface area contributed by atoms with Crippen LogP contribution in [0, 0.1) is 13.8 Å². The highest BCUT2D eigenvalue weighted by Crippen LogP contribution is 2.25. The largest absolute Gasteiger partial charge is 0.355 e. The third-order valence-electron chi connectivity index (χ3n) is 4.12. The van der Waals surface area contributed by atoms with Crippen molar-refractivity contribution in [3.05, 3.63) is 69.3 Å². The van der Waals surface area contributed by atoms with E-state index in [0.717, 1.165) is 26.6 Å². The van der Waals surface area contributed by atoms with Crippen molar-refractivity contribution in [3.63, 3.8) is 0 Å². The lowest BCUT2D eigenvalue weighted by atomic mass is 10.0. The number of rotatable bonds is 3. The lowest BCUT2D eigenvalue weighted by Gasteiger charge is -2.14. The number of aryl methyl sites for hydroxylation is 2. The van der Waals surface area contributed by atoms with Crippen molar-refractivity contribution in [1.29, 1.82) is 0 Å². The average molecular weight is 412 g/mol. The van der Waals surface area contributed by atoms with Crippen LogP contribution in [0.1, 0.15) is 32.0 Å². The number of hydrogen-bond donors (Lipinski definition) is 2. The number of aromatic nitrogens is 1. The van der Waals surface area contributed by atoms with Gasteiger partial charge in [0.25, 0.3) is 11.8 Å². The normalized spacial score (nSPS) is 10.6. The number of benzene rings is 2. The van der Waals surface area contributed by atoms with Crippen LogP contribution < -0.4 is 10.6 Å². The lowest BCUT2D eigenvalue weighted by Crippen LogP contribution is -2.22. The summed E-state index contributed by atoms with van der Waals surface area (Å²) in [6.45, 7) is 3.68. The van der Waals surface area contributed by atoms with E-state index in [-0.39, 0.29) is 11.8 Å². The quantitative estimate of drug-likeness (QED) is 0.677. The van der Waals surface area contributed by atoms with Gasteiger partial charge in [0, 0.05) is 22.6 Å². The Morgan fingerprint density at radius 1 is 1.04 bits per heavy atom. The Morgan fingerprint density at radius 3 is 2.54 bits per heavy atom. The van der Waals surface area contributed by atoms with E-state index in [1.807, 2.05) is 44.2 Å². The summed E-state index contributed by atoms with van der Waals surface area (Å²) in [5.74, 6) is -0.517. The number of nitrogens with zero attached hydrogens (tertiary/aromatic N) is 1. The van der Waals surface area contributed by atoms with Crippen LogP contribution in [0.5, 0.6) is 0 Å². The minimum absolute atomic E-state index is 0.238. The van der Waals surface area contributed by atoms with Gasteiger partial charge in [0.05, 0.1) is 22.3 Å². The maximum absolute atomic E-state index is 13.0. The molecule has 3 aromatic rings. The van der Waals surface area contributed by atoms with Crippen LogP contribution in [-0.2, 0) is 0 Å². The molecule has 0 aliphatic heterocycles. The first-order valence-electron chi connectivity index (χ1n) is 8.10. The molecule has 3 rings (SSSR count). The third kappa shape index (κ3) is 3.46. The summed E-state index contributed by atoms with van der Waals surface area (Å²) in [6.07, 6.45) is 0. The zero-order chi connectivity index (χ0) is 18.8. The maximum atomic E-state index is 13.0. The fourth-order valence-electron chi connectivity index (χ4n) is 2.91. The molecule has 1 aromatic heterocycles. The van der Waals surface area contributed by atoms with E-state index in [4.69, 9.17) is 0 Å². The summed E-state index contributed by atoms with van der Waals surface area (Å²) in [7, 11) is 1.57. The highest BCUT2D eigenvalue weighted by Gasteiger charge is 2.17. The number of halogens is 1. The number of fused-ring (bicyclic) bond motifs is 1. The second kappa shape index (κ2) is 7.25. The summed E-state index contributed by atoms with van der Waals surface area (Å²) in [4.78, 5) is 29.6. The molecule has 26 heavy (non-hydrogen) atoms. The molecule has 0 fully saturated rings. The Kier molecular flexibility index (Phi) is 5.04. The van der Waals surface area contributed by atoms with Gasteiger partial charge in [-0.1, -0.05) is 34.1 Å². The minimum Gasteiger partial charge on any atom is -0.355 e. The van der Waals surface area contributed by atoms with E-state index in [1.54, 1.807) is 19.2 Å². The molecule has 0 saturated carbocycles. The molecule has 0 atom stereocenters. The number of carbonyl (C=O) groups is 2. The molecule has 0 bridgehead atoms. The molecule has 0 radical (unpaired) electrons. The van der Waals surface area contributed by atoms with Crippen LogP contribution >= 0.6 is 15.9 Å². The smallest absolute Gasteiger partial charge is 0.256 e. The van der Waals surface area contributed by atoms with E-state index in [1.165, 1.54) is 0 Å². The molecule has 0 saturated heterocycles. The van der Waals surface area contributed by atoms with Crippen LogP contribution in [0.15, 0.2) is 46.9 Å². The van der Waals surface area contributed by atoms with Gasteiger partial charge in [-0.3, -0.25) is 14.6 Å². The summed E-state index contributed by atoms with van der Waals surface area (Å²) in [5, 5.41) is 6.25. The molecule has 132 valence electrons. The SMILES string of the molecule is CNC(=O)c1c(C)cccc1NC(=O)c1cc(C)nc2cc(Br)ccc12. The first kappa shape index (κ1) is 18.1. The molecular formula is C20H18BrN3O2. The van der Waals surface area contributed by atoms with Crippen molar-refractivity contribution < 1.29 is 9.59 Å². The van der Waals surface area contributed by atoms with Crippen LogP contribution in [0.3, 0.4) is 0 Å². The van der Waals surface area contributed by atoms with Gasteiger partial charge in [-0.2, -0.15) is 0 Å². The van der Waals surface area contributed by atoms with Crippen molar-refractivity contribution in [2.75, 3.05) is 12.4 Å². The fraction of sp³-hybridized carbons (Fsp3) is 0.150. The number of anilines is 1. The molecule has 6 heteroatoms. The summed E-state index contributed by atoms with van der Waals surface area (Å²) in [6, 6.07) is 12.7. The van der Waals surface area contributed by atoms with Crippen molar-refractivity contribution in [3.8, 4) is 0 Å². The van der Waals surface area contributed by atoms with E-state index in [0.29, 0.717) is 16.8 Å². The monoisotopic (exact) mass is 411 g/mol. The maximum Gasteiger partial charge on any atom is 0.256 e. The van der Waals surface area contributed by atoms with Crippen LogP contribution in [0.2, 0.25) is 0 Å². The molecule has 5 nitrogen and oxygen atoms in total. The van der Waals surface area contributed by atoms with Crippen molar-refractivity contribution >= 4 is 44.3 Å². The predicted octanol–water partition coefficient (Wildman–Crippen LogP) is 4.23. The minimum atomic E-state index is -0.279. The second-order valence-electron chi connectivity index (χ2n) is 6.00. The zero-order valence-electron chi connectivity index (χ0n) is 14.7. The lowest BCUT2D eigenvalue weighted by molar-refractivity contribution is 0.0963. The number of hydrogen-bond acceptors (Lipinski definition) is 3. The summed E-state index contributed by atoms with van der Waals surface area (Å²) < 4.78 is 0.898. The van der Waals surface area contributed by atoms with E-state index in [9.17, 15) is 9.59 Å². The average Bonchev–Trinajstić information content (AvgIpc) is 2.60. The number of carbonyl (C=O) groups excluding carboxylic acids is 2. The Balaban J connectivity index is 2.06. The van der Waals surface area contributed by atoms with Crippen molar-refractivity contribution in [2.24, 2.45) is 0 Å². The van der Waals surface area contributed by atoms with Crippen LogP contribution in [0.4, 0.5) is 5.69 Å². The molecule has 0 spiro atoms. The number of nitrogens with one attached hydrogen (secondary N) is 2. The van der Waals surface area contributed by atoms with Crippen LogP contribution in [-0.4, -0.2) is 23.8 Å². The van der Waals surface area contributed by atoms with E-state index >= 15 is 0 Å². The highest BCUT2D eigenvalue weighted by molar-refractivity contribution is 9.10. The third-order valence-corrected chi connectivity index (χ3v) is 4.61. The predicted molar refractivity (Wildman–Crippen MR) is 107 cm³/mol. The van der Waals surface area contributed by atoms with Gasteiger partial charge in [0.2, 0.25) is 0 Å². The molecule has 2 N–H and O–H groups in total. The summed E-state index contributed by atoms with van der Waals surface area (Å²) in [5.41, 5.74) is 3.73. The van der Waals surface area contributed by atoms with Crippen LogP contribution in [0.25, 0.3) is 10.9 Å². The van der Waals surface area contributed by atoms with Gasteiger partial charge in [0.1, 0.15) is 0 Å². The second-order valence-corrected chi connectivity index (χ2v) is 6.92. The summed E-state index contributed by atoms with van der Waals surface area (Å²) >= 11 is 3.43. The Morgan fingerprint density at radius 2 is 1.81 bits per heavy atom. The van der Waals surface area contributed by atoms with Crippen molar-refractivity contribution in [2.45, 2.75) is 13.8 Å². The van der Waals surface area contributed by atoms with Gasteiger partial charge < -0.3 is 10.6 Å². The van der Waals surface area contributed by atoms with Gasteiger partial charge in [-0.05, 0) is 43.7 Å². The van der Waals surface area contributed by atoms with Gasteiger partial charge in [0.15, 0.2) is 0 Å². The first-order chi connectivity index (χ1) is 12.4. The van der Waals surface area contributed by atoms with Gasteiger partial charge in [-0.15, -0.1) is 0 Å².